The lowest BCUT2D eigenvalue weighted by molar-refractivity contribution is -0.147. The maximum atomic E-state index is 11.4. The van der Waals surface area contributed by atoms with Crippen LogP contribution in [0, 0.1) is 0 Å². The second-order valence-corrected chi connectivity index (χ2v) is 4.54. The summed E-state index contributed by atoms with van der Waals surface area (Å²) >= 11 is 11.6. The summed E-state index contributed by atoms with van der Waals surface area (Å²) in [6.45, 7) is 3.08. The number of rotatable bonds is 8. The molecule has 0 amide bonds. The van der Waals surface area contributed by atoms with Crippen molar-refractivity contribution in [2.24, 2.45) is 0 Å². The summed E-state index contributed by atoms with van der Waals surface area (Å²) in [7, 11) is 0. The molecule has 0 spiro atoms. The lowest BCUT2D eigenvalue weighted by Crippen LogP contribution is -2.17. The summed E-state index contributed by atoms with van der Waals surface area (Å²) in [5.74, 6) is -0.0728. The summed E-state index contributed by atoms with van der Waals surface area (Å²) in [5, 5.41) is 0.861. The number of carbonyl (C=O) groups is 1. The summed E-state index contributed by atoms with van der Waals surface area (Å²) in [6.07, 6.45) is 0.937. The van der Waals surface area contributed by atoms with Gasteiger partial charge in [-0.3, -0.25) is 0 Å². The van der Waals surface area contributed by atoms with Crippen LogP contribution < -0.4 is 4.74 Å². The van der Waals surface area contributed by atoms with Crippen LogP contribution in [0.25, 0.3) is 0 Å². The fourth-order valence-corrected chi connectivity index (χ4v) is 1.69. The Morgan fingerprint density at radius 3 is 2.68 bits per heavy atom. The molecule has 1 aromatic rings. The minimum absolute atomic E-state index is 0.199. The number of benzene rings is 1. The SMILES string of the molecule is CCCOCCOC(=O)COc1ccc(Cl)cc1Cl. The zero-order valence-electron chi connectivity index (χ0n) is 10.7. The van der Waals surface area contributed by atoms with Crippen molar-refractivity contribution in [3.05, 3.63) is 28.2 Å². The van der Waals surface area contributed by atoms with Crippen LogP contribution in [0.2, 0.25) is 10.0 Å². The molecule has 0 aliphatic carbocycles. The van der Waals surface area contributed by atoms with Gasteiger partial charge in [0, 0.05) is 11.6 Å². The summed E-state index contributed by atoms with van der Waals surface area (Å²) in [4.78, 5) is 11.4. The molecule has 0 radical (unpaired) electrons. The minimum Gasteiger partial charge on any atom is -0.480 e. The Hall–Kier alpha value is -0.970. The van der Waals surface area contributed by atoms with E-state index in [0.717, 1.165) is 6.42 Å². The molecule has 0 unspecified atom stereocenters. The predicted octanol–water partition coefficient (Wildman–Crippen LogP) is 3.34. The maximum absolute atomic E-state index is 11.4. The van der Waals surface area contributed by atoms with Crippen LogP contribution in [0.3, 0.4) is 0 Å². The van der Waals surface area contributed by atoms with Crippen LogP contribution in [-0.4, -0.2) is 32.4 Å². The molecule has 0 aliphatic rings. The molecule has 0 saturated heterocycles. The van der Waals surface area contributed by atoms with Gasteiger partial charge < -0.3 is 14.2 Å². The van der Waals surface area contributed by atoms with E-state index in [9.17, 15) is 4.79 Å². The van der Waals surface area contributed by atoms with Crippen LogP contribution >= 0.6 is 23.2 Å². The Kier molecular flexibility index (Phi) is 7.63. The molecule has 0 N–H and O–H groups in total. The van der Waals surface area contributed by atoms with E-state index in [1.54, 1.807) is 18.2 Å². The third kappa shape index (κ3) is 6.66. The first kappa shape index (κ1) is 16.1. The normalized spacial score (nSPS) is 10.3. The van der Waals surface area contributed by atoms with Crippen molar-refractivity contribution in [1.29, 1.82) is 0 Å². The fraction of sp³-hybridized carbons (Fsp3) is 0.462. The van der Waals surface area contributed by atoms with Crippen LogP contribution in [0.1, 0.15) is 13.3 Å². The molecule has 19 heavy (non-hydrogen) atoms. The highest BCUT2D eigenvalue weighted by Crippen LogP contribution is 2.27. The second kappa shape index (κ2) is 9.02. The van der Waals surface area contributed by atoms with Gasteiger partial charge in [0.25, 0.3) is 0 Å². The minimum atomic E-state index is -0.467. The number of hydrogen-bond donors (Lipinski definition) is 0. The molecule has 0 heterocycles. The quantitative estimate of drug-likeness (QED) is 0.546. The molecule has 0 saturated carbocycles. The second-order valence-electron chi connectivity index (χ2n) is 3.70. The summed E-state index contributed by atoms with van der Waals surface area (Å²) in [6, 6.07) is 4.78. The first-order chi connectivity index (χ1) is 9.13. The number of halogens is 2. The lowest BCUT2D eigenvalue weighted by atomic mass is 10.3. The zero-order chi connectivity index (χ0) is 14.1. The van der Waals surface area contributed by atoms with E-state index >= 15 is 0 Å². The van der Waals surface area contributed by atoms with Crippen molar-refractivity contribution < 1.29 is 19.0 Å². The van der Waals surface area contributed by atoms with Crippen molar-refractivity contribution in [2.75, 3.05) is 26.4 Å². The first-order valence-electron chi connectivity index (χ1n) is 5.94. The number of esters is 1. The molecule has 6 heteroatoms. The Morgan fingerprint density at radius 1 is 1.21 bits per heavy atom. The highest BCUT2D eigenvalue weighted by molar-refractivity contribution is 6.35. The molecule has 1 rings (SSSR count). The Balaban J connectivity index is 2.22. The largest absolute Gasteiger partial charge is 0.480 e. The van der Waals surface area contributed by atoms with Crippen LogP contribution in [0.5, 0.6) is 5.75 Å². The van der Waals surface area contributed by atoms with E-state index in [1.807, 2.05) is 6.92 Å². The average Bonchev–Trinajstić information content (AvgIpc) is 2.37. The van der Waals surface area contributed by atoms with E-state index in [4.69, 9.17) is 37.4 Å². The Bertz CT molecular complexity index is 410. The topological polar surface area (TPSA) is 44.8 Å². The van der Waals surface area contributed by atoms with Crippen LogP contribution in [-0.2, 0) is 14.3 Å². The Morgan fingerprint density at radius 2 is 2.00 bits per heavy atom. The molecular weight excluding hydrogens is 291 g/mol. The summed E-state index contributed by atoms with van der Waals surface area (Å²) < 4.78 is 15.3. The molecule has 0 aromatic heterocycles. The van der Waals surface area contributed by atoms with Crippen molar-refractivity contribution in [3.8, 4) is 5.75 Å². The maximum Gasteiger partial charge on any atom is 0.344 e. The molecule has 0 atom stereocenters. The van der Waals surface area contributed by atoms with Crippen molar-refractivity contribution >= 4 is 29.2 Å². The lowest BCUT2D eigenvalue weighted by Gasteiger charge is -2.08. The van der Waals surface area contributed by atoms with Crippen molar-refractivity contribution in [1.82, 2.24) is 0 Å². The highest BCUT2D eigenvalue weighted by atomic mass is 35.5. The van der Waals surface area contributed by atoms with Gasteiger partial charge in [-0.15, -0.1) is 0 Å². The van der Waals surface area contributed by atoms with Crippen molar-refractivity contribution in [3.63, 3.8) is 0 Å². The van der Waals surface area contributed by atoms with Crippen LogP contribution in [0.4, 0.5) is 0 Å². The molecule has 0 bridgehead atoms. The van der Waals surface area contributed by atoms with Crippen LogP contribution in [0.15, 0.2) is 18.2 Å². The van der Waals surface area contributed by atoms with Crippen molar-refractivity contribution in [2.45, 2.75) is 13.3 Å². The van der Waals surface area contributed by atoms with Gasteiger partial charge >= 0.3 is 5.97 Å². The smallest absolute Gasteiger partial charge is 0.344 e. The number of ether oxygens (including phenoxy) is 3. The van der Waals surface area contributed by atoms with Gasteiger partial charge in [0.2, 0.25) is 0 Å². The standard InChI is InChI=1S/C13H16Cl2O4/c1-2-5-17-6-7-18-13(16)9-19-12-4-3-10(14)8-11(12)15/h3-4,8H,2,5-7,9H2,1H3. The third-order valence-corrected chi connectivity index (χ3v) is 2.61. The van der Waals surface area contributed by atoms with Gasteiger partial charge in [0.1, 0.15) is 12.4 Å². The van der Waals surface area contributed by atoms with E-state index in [2.05, 4.69) is 0 Å². The monoisotopic (exact) mass is 306 g/mol. The Labute approximate surface area is 122 Å². The third-order valence-electron chi connectivity index (χ3n) is 2.08. The van der Waals surface area contributed by atoms with E-state index in [1.165, 1.54) is 0 Å². The molecule has 0 fully saturated rings. The first-order valence-corrected chi connectivity index (χ1v) is 6.70. The van der Waals surface area contributed by atoms with E-state index in [0.29, 0.717) is 29.0 Å². The van der Waals surface area contributed by atoms with E-state index < -0.39 is 5.97 Å². The number of carbonyl (C=O) groups excluding carboxylic acids is 1. The molecule has 1 aromatic carbocycles. The van der Waals surface area contributed by atoms with Gasteiger partial charge in [-0.2, -0.15) is 0 Å². The summed E-state index contributed by atoms with van der Waals surface area (Å²) in [5.41, 5.74) is 0. The number of hydrogen-bond acceptors (Lipinski definition) is 4. The van der Waals surface area contributed by atoms with Gasteiger partial charge in [-0.1, -0.05) is 30.1 Å². The van der Waals surface area contributed by atoms with Gasteiger partial charge in [-0.25, -0.2) is 4.79 Å². The highest BCUT2D eigenvalue weighted by Gasteiger charge is 2.07. The molecule has 4 nitrogen and oxygen atoms in total. The fourth-order valence-electron chi connectivity index (χ4n) is 1.23. The van der Waals surface area contributed by atoms with Gasteiger partial charge in [-0.05, 0) is 24.6 Å². The van der Waals surface area contributed by atoms with Gasteiger partial charge in [0.05, 0.1) is 11.6 Å². The van der Waals surface area contributed by atoms with E-state index in [-0.39, 0.29) is 13.2 Å². The molecular formula is C13H16Cl2O4. The molecule has 106 valence electrons. The average molecular weight is 307 g/mol. The van der Waals surface area contributed by atoms with Gasteiger partial charge in [0.15, 0.2) is 6.61 Å². The molecule has 0 aliphatic heterocycles. The zero-order valence-corrected chi connectivity index (χ0v) is 12.2. The predicted molar refractivity (Wildman–Crippen MR) is 74.0 cm³/mol.